The molecule has 0 aliphatic carbocycles. The highest BCUT2D eigenvalue weighted by Crippen LogP contribution is 2.29. The van der Waals surface area contributed by atoms with Gasteiger partial charge in [-0.2, -0.15) is 0 Å². The van der Waals surface area contributed by atoms with Gasteiger partial charge in [0, 0.05) is 24.7 Å². The first-order valence-electron chi connectivity index (χ1n) is 10.9. The first kappa shape index (κ1) is 22.3. The molecule has 1 spiro atoms. The van der Waals surface area contributed by atoms with Crippen LogP contribution in [-0.4, -0.2) is 59.4 Å². The molecule has 2 fully saturated rings. The molecule has 2 aromatic carbocycles. The first-order chi connectivity index (χ1) is 15.4. The van der Waals surface area contributed by atoms with E-state index in [0.717, 1.165) is 30.0 Å². The molecule has 2 heterocycles. The van der Waals surface area contributed by atoms with E-state index < -0.39 is 11.6 Å². The number of nitrogens with zero attached hydrogens (tertiary/aromatic N) is 2. The molecule has 2 N–H and O–H groups in total. The predicted molar refractivity (Wildman–Crippen MR) is 122 cm³/mol. The molecule has 168 valence electrons. The van der Waals surface area contributed by atoms with Crippen molar-refractivity contribution in [2.45, 2.75) is 31.3 Å². The van der Waals surface area contributed by atoms with Crippen LogP contribution in [0.1, 0.15) is 24.0 Å². The average Bonchev–Trinajstić information content (AvgIpc) is 2.99. The number of carbonyl (C=O) groups is 3. The topological polar surface area (TPSA) is 81.8 Å². The molecule has 0 saturated carbocycles. The Morgan fingerprint density at radius 2 is 1.81 bits per heavy atom. The molecule has 0 radical (unpaired) electrons. The minimum Gasteiger partial charge on any atom is -0.354 e. The maximum absolute atomic E-state index is 13.2. The van der Waals surface area contributed by atoms with Crippen molar-refractivity contribution in [1.29, 1.82) is 0 Å². The van der Waals surface area contributed by atoms with Crippen LogP contribution in [0.5, 0.6) is 0 Å². The number of urea groups is 1. The van der Waals surface area contributed by atoms with Crippen molar-refractivity contribution >= 4 is 29.4 Å². The molecular weight excluding hydrogens is 428 g/mol. The van der Waals surface area contributed by atoms with Crippen LogP contribution in [0.3, 0.4) is 0 Å². The lowest BCUT2D eigenvalue weighted by molar-refractivity contribution is -0.136. The van der Waals surface area contributed by atoms with E-state index in [4.69, 9.17) is 11.6 Å². The van der Waals surface area contributed by atoms with Crippen LogP contribution in [0.25, 0.3) is 0 Å². The molecular formula is C24H27ClN4O3. The Hall–Kier alpha value is -2.90. The summed E-state index contributed by atoms with van der Waals surface area (Å²) < 4.78 is 0. The summed E-state index contributed by atoms with van der Waals surface area (Å²) in [6.07, 6.45) is 2.03. The van der Waals surface area contributed by atoms with Crippen molar-refractivity contribution in [1.82, 2.24) is 20.4 Å². The minimum absolute atomic E-state index is 0.272. The number of likely N-dealkylation sites (tertiary alicyclic amines) is 1. The van der Waals surface area contributed by atoms with Gasteiger partial charge in [0.15, 0.2) is 0 Å². The maximum atomic E-state index is 13.2. The zero-order valence-corrected chi connectivity index (χ0v) is 18.6. The van der Waals surface area contributed by atoms with Gasteiger partial charge < -0.3 is 10.6 Å². The molecule has 2 aliphatic heterocycles. The lowest BCUT2D eigenvalue weighted by Crippen LogP contribution is -2.58. The Labute approximate surface area is 192 Å². The Morgan fingerprint density at radius 1 is 1.06 bits per heavy atom. The van der Waals surface area contributed by atoms with Gasteiger partial charge in [-0.3, -0.25) is 19.4 Å². The van der Waals surface area contributed by atoms with Crippen LogP contribution in [0.4, 0.5) is 4.79 Å². The lowest BCUT2D eigenvalue weighted by atomic mass is 9.88. The number of hydrogen-bond donors (Lipinski definition) is 2. The SMILES string of the molecule is O=C(CN1C(=O)NC2(CCCN(Cc3ccccc3)C2)C1=O)NCCc1ccc(Cl)cc1. The van der Waals surface area contributed by atoms with Crippen molar-refractivity contribution in [3.63, 3.8) is 0 Å². The summed E-state index contributed by atoms with van der Waals surface area (Å²) in [5, 5.41) is 6.33. The number of benzene rings is 2. The van der Waals surface area contributed by atoms with Crippen molar-refractivity contribution in [3.05, 3.63) is 70.7 Å². The molecule has 2 aromatic rings. The third-order valence-electron chi connectivity index (χ3n) is 6.02. The molecule has 8 heteroatoms. The zero-order valence-electron chi connectivity index (χ0n) is 17.9. The molecule has 4 rings (SSSR count). The fraction of sp³-hybridized carbons (Fsp3) is 0.375. The number of carbonyl (C=O) groups excluding carboxylic acids is 3. The van der Waals surface area contributed by atoms with Crippen LogP contribution in [-0.2, 0) is 22.6 Å². The largest absolute Gasteiger partial charge is 0.354 e. The van der Waals surface area contributed by atoms with Gasteiger partial charge in [-0.1, -0.05) is 54.1 Å². The highest BCUT2D eigenvalue weighted by molar-refractivity contribution is 6.30. The fourth-order valence-electron chi connectivity index (χ4n) is 4.41. The summed E-state index contributed by atoms with van der Waals surface area (Å²) in [5.74, 6) is -0.662. The molecule has 0 bridgehead atoms. The second-order valence-corrected chi connectivity index (χ2v) is 8.87. The van der Waals surface area contributed by atoms with Gasteiger partial charge in [-0.25, -0.2) is 4.79 Å². The van der Waals surface area contributed by atoms with E-state index in [1.54, 1.807) is 12.1 Å². The summed E-state index contributed by atoms with van der Waals surface area (Å²) in [5.41, 5.74) is 1.26. The number of piperidine rings is 1. The number of imide groups is 1. The van der Waals surface area contributed by atoms with Gasteiger partial charge in [0.1, 0.15) is 12.1 Å². The third-order valence-corrected chi connectivity index (χ3v) is 6.27. The van der Waals surface area contributed by atoms with Crippen molar-refractivity contribution in [2.24, 2.45) is 0 Å². The van der Waals surface area contributed by atoms with Gasteiger partial charge in [-0.15, -0.1) is 0 Å². The van der Waals surface area contributed by atoms with Crippen LogP contribution < -0.4 is 10.6 Å². The van der Waals surface area contributed by atoms with Crippen LogP contribution in [0, 0.1) is 0 Å². The number of hydrogen-bond acceptors (Lipinski definition) is 4. The van der Waals surface area contributed by atoms with Gasteiger partial charge in [0.25, 0.3) is 5.91 Å². The number of halogens is 1. The fourth-order valence-corrected chi connectivity index (χ4v) is 4.54. The molecule has 7 nitrogen and oxygen atoms in total. The second-order valence-electron chi connectivity index (χ2n) is 8.43. The molecule has 2 aliphatic rings. The van der Waals surface area contributed by atoms with Crippen LogP contribution in [0.15, 0.2) is 54.6 Å². The molecule has 0 aromatic heterocycles. The monoisotopic (exact) mass is 454 g/mol. The summed E-state index contributed by atoms with van der Waals surface area (Å²) in [7, 11) is 0. The van der Waals surface area contributed by atoms with Crippen molar-refractivity contribution in [3.8, 4) is 0 Å². The van der Waals surface area contributed by atoms with Gasteiger partial charge >= 0.3 is 6.03 Å². The summed E-state index contributed by atoms with van der Waals surface area (Å²) in [6.45, 7) is 2.18. The maximum Gasteiger partial charge on any atom is 0.325 e. The van der Waals surface area contributed by atoms with E-state index in [2.05, 4.69) is 27.7 Å². The second kappa shape index (κ2) is 9.71. The Morgan fingerprint density at radius 3 is 2.56 bits per heavy atom. The van der Waals surface area contributed by atoms with E-state index in [1.165, 1.54) is 5.56 Å². The molecule has 2 saturated heterocycles. The summed E-state index contributed by atoms with van der Waals surface area (Å²) >= 11 is 5.88. The van der Waals surface area contributed by atoms with Crippen LogP contribution >= 0.6 is 11.6 Å². The zero-order chi connectivity index (χ0) is 22.6. The van der Waals surface area contributed by atoms with Gasteiger partial charge in [-0.05, 0) is 49.1 Å². The highest BCUT2D eigenvalue weighted by Gasteiger charge is 2.53. The molecule has 1 atom stereocenters. The summed E-state index contributed by atoms with van der Waals surface area (Å²) in [4.78, 5) is 41.4. The number of nitrogens with one attached hydrogen (secondary N) is 2. The smallest absolute Gasteiger partial charge is 0.325 e. The molecule has 1 unspecified atom stereocenters. The van der Waals surface area contributed by atoms with E-state index in [-0.39, 0.29) is 18.4 Å². The standard InChI is InChI=1S/C24H27ClN4O3/c25-20-9-7-18(8-10-20)11-13-26-21(30)16-29-22(31)24(27-23(29)32)12-4-14-28(17-24)15-19-5-2-1-3-6-19/h1-3,5-10H,4,11-17H2,(H,26,30)(H,27,32). The van der Waals surface area contributed by atoms with E-state index >= 15 is 0 Å². The third kappa shape index (κ3) is 5.11. The normalized spacial score (nSPS) is 21.1. The molecule has 4 amide bonds. The van der Waals surface area contributed by atoms with E-state index in [0.29, 0.717) is 31.0 Å². The summed E-state index contributed by atoms with van der Waals surface area (Å²) in [6, 6.07) is 17.0. The molecule has 32 heavy (non-hydrogen) atoms. The highest BCUT2D eigenvalue weighted by atomic mass is 35.5. The number of rotatable bonds is 7. The predicted octanol–water partition coefficient (Wildman–Crippen LogP) is 2.59. The quantitative estimate of drug-likeness (QED) is 0.630. The van der Waals surface area contributed by atoms with E-state index in [1.807, 2.05) is 30.3 Å². The Balaban J connectivity index is 1.31. The minimum atomic E-state index is -0.951. The first-order valence-corrected chi connectivity index (χ1v) is 11.2. The average molecular weight is 455 g/mol. The van der Waals surface area contributed by atoms with Crippen molar-refractivity contribution < 1.29 is 14.4 Å². The number of amides is 4. The lowest BCUT2D eigenvalue weighted by Gasteiger charge is -2.38. The Kier molecular flexibility index (Phi) is 6.77. The van der Waals surface area contributed by atoms with Crippen molar-refractivity contribution in [2.75, 3.05) is 26.2 Å². The van der Waals surface area contributed by atoms with Gasteiger partial charge in [0.05, 0.1) is 0 Å². The Bertz CT molecular complexity index is 982. The van der Waals surface area contributed by atoms with E-state index in [9.17, 15) is 14.4 Å². The van der Waals surface area contributed by atoms with Gasteiger partial charge in [0.2, 0.25) is 5.91 Å². The van der Waals surface area contributed by atoms with Crippen LogP contribution in [0.2, 0.25) is 5.02 Å².